The van der Waals surface area contributed by atoms with Crippen molar-refractivity contribution in [3.8, 4) is 5.69 Å². The smallest absolute Gasteiger partial charge is 0.272 e. The Kier molecular flexibility index (Phi) is 6.85. The van der Waals surface area contributed by atoms with Crippen molar-refractivity contribution in [2.24, 2.45) is 0 Å². The van der Waals surface area contributed by atoms with E-state index in [-0.39, 0.29) is 11.9 Å². The Morgan fingerprint density at radius 1 is 0.875 bits per heavy atom. The topological polar surface area (TPSA) is 46.9 Å². The van der Waals surface area contributed by atoms with Gasteiger partial charge in [0.05, 0.1) is 11.7 Å². The summed E-state index contributed by atoms with van der Waals surface area (Å²) in [5.74, 6) is -0.255. The number of amides is 1. The Hall–Kier alpha value is -2.79. The minimum Gasteiger partial charge on any atom is -0.344 e. The van der Waals surface area contributed by atoms with Gasteiger partial charge in [-0.3, -0.25) is 4.79 Å². The second-order valence-corrected chi connectivity index (χ2v) is 8.78. The minimum atomic E-state index is -0.262. The molecule has 4 aromatic rings. The molecular formula is C25H20Cl3N3O. The molecule has 162 valence electrons. The van der Waals surface area contributed by atoms with E-state index in [0.717, 1.165) is 22.5 Å². The van der Waals surface area contributed by atoms with Crippen LogP contribution in [0.2, 0.25) is 15.1 Å². The van der Waals surface area contributed by atoms with Gasteiger partial charge in [0.1, 0.15) is 0 Å². The van der Waals surface area contributed by atoms with E-state index in [1.165, 1.54) is 0 Å². The molecule has 7 heteroatoms. The number of carbonyl (C=O) groups is 1. The Balaban J connectivity index is 1.59. The first-order chi connectivity index (χ1) is 15.4. The first-order valence-corrected chi connectivity index (χ1v) is 11.2. The van der Waals surface area contributed by atoms with Crippen LogP contribution in [-0.4, -0.2) is 15.7 Å². The van der Waals surface area contributed by atoms with Gasteiger partial charge in [0, 0.05) is 20.8 Å². The van der Waals surface area contributed by atoms with Gasteiger partial charge in [-0.25, -0.2) is 4.68 Å². The predicted octanol–water partition coefficient (Wildman–Crippen LogP) is 6.85. The van der Waals surface area contributed by atoms with Crippen LogP contribution < -0.4 is 5.32 Å². The maximum atomic E-state index is 13.1. The van der Waals surface area contributed by atoms with Crippen LogP contribution in [0.4, 0.5) is 0 Å². The number of carbonyl (C=O) groups excluding carboxylic acids is 1. The summed E-state index contributed by atoms with van der Waals surface area (Å²) in [4.78, 5) is 13.1. The van der Waals surface area contributed by atoms with Crippen molar-refractivity contribution in [2.45, 2.75) is 19.4 Å². The third kappa shape index (κ3) is 5.33. The third-order valence-electron chi connectivity index (χ3n) is 5.12. The molecule has 0 saturated heterocycles. The fraction of sp³-hybridized carbons (Fsp3) is 0.120. The molecule has 1 amide bonds. The lowest BCUT2D eigenvalue weighted by Crippen LogP contribution is -2.30. The molecule has 1 atom stereocenters. The molecule has 1 aromatic heterocycles. The van der Waals surface area contributed by atoms with Crippen LogP contribution in [-0.2, 0) is 6.42 Å². The molecule has 0 bridgehead atoms. The summed E-state index contributed by atoms with van der Waals surface area (Å²) in [5, 5.41) is 9.59. The standard InChI is InChI=1S/C25H20Cl3N3O/c1-16-14-24(30-31(16)22-12-10-21(28)11-13-22)25(32)29-23(18-4-8-20(27)9-5-18)15-17-2-6-19(26)7-3-17/h2-14,23H,15H2,1H3,(H,29,32). The van der Waals surface area contributed by atoms with Gasteiger partial charge in [-0.1, -0.05) is 59.1 Å². The van der Waals surface area contributed by atoms with E-state index in [1.54, 1.807) is 22.9 Å². The summed E-state index contributed by atoms with van der Waals surface area (Å²) >= 11 is 18.1. The molecule has 1 N–H and O–H groups in total. The number of nitrogens with one attached hydrogen (secondary N) is 1. The molecular weight excluding hydrogens is 465 g/mol. The lowest BCUT2D eigenvalue weighted by Gasteiger charge is -2.19. The highest BCUT2D eigenvalue weighted by Gasteiger charge is 2.20. The molecule has 4 rings (SSSR count). The predicted molar refractivity (Wildman–Crippen MR) is 130 cm³/mol. The number of halogens is 3. The molecule has 4 nitrogen and oxygen atoms in total. The SMILES string of the molecule is Cc1cc(C(=O)NC(Cc2ccc(Cl)cc2)c2ccc(Cl)cc2)nn1-c1ccc(Cl)cc1. The molecule has 0 saturated carbocycles. The van der Waals surface area contributed by atoms with Gasteiger partial charge < -0.3 is 5.32 Å². The van der Waals surface area contributed by atoms with Crippen LogP contribution in [0.15, 0.2) is 78.9 Å². The Morgan fingerprint density at radius 3 is 2.00 bits per heavy atom. The monoisotopic (exact) mass is 483 g/mol. The average Bonchev–Trinajstić information content (AvgIpc) is 3.17. The Bertz CT molecular complexity index is 1220. The van der Waals surface area contributed by atoms with Crippen molar-refractivity contribution in [2.75, 3.05) is 0 Å². The molecule has 3 aromatic carbocycles. The van der Waals surface area contributed by atoms with E-state index < -0.39 is 0 Å². The average molecular weight is 485 g/mol. The van der Waals surface area contributed by atoms with Crippen LogP contribution in [0.25, 0.3) is 5.69 Å². The zero-order valence-corrected chi connectivity index (χ0v) is 19.5. The van der Waals surface area contributed by atoms with E-state index in [9.17, 15) is 4.79 Å². The number of rotatable bonds is 6. The number of hydrogen-bond acceptors (Lipinski definition) is 2. The van der Waals surface area contributed by atoms with Crippen molar-refractivity contribution >= 4 is 40.7 Å². The van der Waals surface area contributed by atoms with E-state index in [4.69, 9.17) is 34.8 Å². The van der Waals surface area contributed by atoms with E-state index >= 15 is 0 Å². The quantitative estimate of drug-likeness (QED) is 0.325. The molecule has 1 heterocycles. The van der Waals surface area contributed by atoms with Gasteiger partial charge in [0.15, 0.2) is 5.69 Å². The summed E-state index contributed by atoms with van der Waals surface area (Å²) < 4.78 is 1.72. The van der Waals surface area contributed by atoms with E-state index in [0.29, 0.717) is 27.2 Å². The molecule has 0 fully saturated rings. The van der Waals surface area contributed by atoms with Gasteiger partial charge >= 0.3 is 0 Å². The molecule has 0 radical (unpaired) electrons. The summed E-state index contributed by atoms with van der Waals surface area (Å²) in [6.45, 7) is 1.91. The Morgan fingerprint density at radius 2 is 1.41 bits per heavy atom. The molecule has 0 aliphatic rings. The minimum absolute atomic E-state index is 0.255. The number of nitrogens with zero attached hydrogens (tertiary/aromatic N) is 2. The highest BCUT2D eigenvalue weighted by molar-refractivity contribution is 6.31. The zero-order valence-electron chi connectivity index (χ0n) is 17.2. The second kappa shape index (κ2) is 9.78. The normalized spacial score (nSPS) is 11.9. The maximum absolute atomic E-state index is 13.1. The molecule has 0 aliphatic carbocycles. The van der Waals surface area contributed by atoms with Gasteiger partial charge in [-0.05, 0) is 79.1 Å². The lowest BCUT2D eigenvalue weighted by atomic mass is 9.98. The zero-order chi connectivity index (χ0) is 22.7. The second-order valence-electron chi connectivity index (χ2n) is 7.47. The summed E-state index contributed by atoms with van der Waals surface area (Å²) in [6, 6.07) is 23.9. The highest BCUT2D eigenvalue weighted by atomic mass is 35.5. The number of aryl methyl sites for hydroxylation is 1. The van der Waals surface area contributed by atoms with E-state index in [1.807, 2.05) is 67.6 Å². The van der Waals surface area contributed by atoms with Crippen molar-refractivity contribution in [3.63, 3.8) is 0 Å². The third-order valence-corrected chi connectivity index (χ3v) is 5.88. The van der Waals surface area contributed by atoms with Gasteiger partial charge in [-0.15, -0.1) is 0 Å². The van der Waals surface area contributed by atoms with Crippen LogP contribution in [0.1, 0.15) is 33.4 Å². The first kappa shape index (κ1) is 22.4. The van der Waals surface area contributed by atoms with Crippen molar-refractivity contribution in [3.05, 3.63) is 116 Å². The lowest BCUT2D eigenvalue weighted by molar-refractivity contribution is 0.0931. The number of benzene rings is 3. The van der Waals surface area contributed by atoms with E-state index in [2.05, 4.69) is 10.4 Å². The van der Waals surface area contributed by atoms with Crippen molar-refractivity contribution < 1.29 is 4.79 Å². The van der Waals surface area contributed by atoms with Crippen LogP contribution in [0.3, 0.4) is 0 Å². The van der Waals surface area contributed by atoms with Gasteiger partial charge in [0.2, 0.25) is 0 Å². The van der Waals surface area contributed by atoms with Crippen molar-refractivity contribution in [1.29, 1.82) is 0 Å². The molecule has 1 unspecified atom stereocenters. The first-order valence-electron chi connectivity index (χ1n) is 10.0. The van der Waals surface area contributed by atoms with Gasteiger partial charge in [0.25, 0.3) is 5.91 Å². The summed E-state index contributed by atoms with van der Waals surface area (Å²) in [5.41, 5.74) is 4.02. The maximum Gasteiger partial charge on any atom is 0.272 e. The number of aromatic nitrogens is 2. The summed E-state index contributed by atoms with van der Waals surface area (Å²) in [7, 11) is 0. The molecule has 32 heavy (non-hydrogen) atoms. The van der Waals surface area contributed by atoms with Crippen LogP contribution >= 0.6 is 34.8 Å². The van der Waals surface area contributed by atoms with Crippen molar-refractivity contribution in [1.82, 2.24) is 15.1 Å². The highest BCUT2D eigenvalue weighted by Crippen LogP contribution is 2.23. The molecule has 0 spiro atoms. The fourth-order valence-corrected chi connectivity index (χ4v) is 3.84. The number of hydrogen-bond donors (Lipinski definition) is 1. The van der Waals surface area contributed by atoms with Crippen LogP contribution in [0, 0.1) is 6.92 Å². The molecule has 0 aliphatic heterocycles. The summed E-state index contributed by atoms with van der Waals surface area (Å²) in [6.07, 6.45) is 0.599. The fourth-order valence-electron chi connectivity index (χ4n) is 3.46. The van der Waals surface area contributed by atoms with Crippen LogP contribution in [0.5, 0.6) is 0 Å². The van der Waals surface area contributed by atoms with Gasteiger partial charge in [-0.2, -0.15) is 5.10 Å². The Labute approximate surface area is 201 Å². The largest absolute Gasteiger partial charge is 0.344 e.